The standard InChI is InChI=1S/C63H51N6O3P/c1-62(2,3)41-24-28-49-55(34-41)71-53-32-39(36-64)22-26-47(53)68(49)59-46(38-66)57-51-30-31-52(67(51)43-16-10-7-11-17-43)58(57)61(73(70,44-18-12-8-13-19-44)45-20-14-9-15-21-45)60(59)69-48-27-23-40(37-65)33-54(48)72-56-35-42(63(4,5)6)25-29-50(56)69/h7-29,32-35,51-52H,30-31H2,1-6H3. The highest BCUT2D eigenvalue weighted by molar-refractivity contribution is 7.85. The number of hydrogen-bond donors (Lipinski definition) is 0. The van der Waals surface area contributed by atoms with Gasteiger partial charge in [0.2, 0.25) is 0 Å². The fourth-order valence-electron chi connectivity index (χ4n) is 11.5. The molecule has 2 unspecified atom stereocenters. The lowest BCUT2D eigenvalue weighted by atomic mass is 9.84. The molecule has 8 aromatic rings. The third kappa shape index (κ3) is 7.04. The number of anilines is 7. The third-order valence-corrected chi connectivity index (χ3v) is 18.1. The maximum absolute atomic E-state index is 18.2. The molecule has 0 N–H and O–H groups in total. The Bertz CT molecular complexity index is 3720. The Hall–Kier alpha value is -8.54. The van der Waals surface area contributed by atoms with Crippen molar-refractivity contribution < 1.29 is 14.0 Å². The van der Waals surface area contributed by atoms with Crippen molar-refractivity contribution in [3.63, 3.8) is 0 Å². The summed E-state index contributed by atoms with van der Waals surface area (Å²) in [6.07, 6.45) is 1.53. The van der Waals surface area contributed by atoms with E-state index in [-0.39, 0.29) is 22.9 Å². The van der Waals surface area contributed by atoms with Gasteiger partial charge in [0.05, 0.1) is 80.3 Å². The predicted octanol–water partition coefficient (Wildman–Crippen LogP) is 15.1. The molecule has 1 saturated heterocycles. The Morgan fingerprint density at radius 2 is 0.904 bits per heavy atom. The van der Waals surface area contributed by atoms with Gasteiger partial charge < -0.3 is 28.7 Å². The van der Waals surface area contributed by atoms with Gasteiger partial charge in [0.25, 0.3) is 0 Å². The highest BCUT2D eigenvalue weighted by Crippen LogP contribution is 2.66. The van der Waals surface area contributed by atoms with Gasteiger partial charge >= 0.3 is 0 Å². The maximum atomic E-state index is 18.2. The molecule has 0 saturated carbocycles. The lowest BCUT2D eigenvalue weighted by Crippen LogP contribution is -2.36. The summed E-state index contributed by atoms with van der Waals surface area (Å²) in [5, 5.41) is 35.0. The summed E-state index contributed by atoms with van der Waals surface area (Å²) in [5.74, 6) is 1.97. The van der Waals surface area contributed by atoms with Crippen LogP contribution in [0.2, 0.25) is 0 Å². The summed E-state index contributed by atoms with van der Waals surface area (Å²) in [7, 11) is -4.04. The molecule has 12 rings (SSSR count). The first-order valence-electron chi connectivity index (χ1n) is 24.8. The van der Waals surface area contributed by atoms with Crippen molar-refractivity contribution in [3.8, 4) is 41.2 Å². The summed E-state index contributed by atoms with van der Waals surface area (Å²) in [6.45, 7) is 12.9. The van der Waals surface area contributed by atoms with Crippen LogP contribution in [0.1, 0.15) is 105 Å². The van der Waals surface area contributed by atoms with Gasteiger partial charge in [0, 0.05) is 34.0 Å². The molecule has 2 atom stereocenters. The fraction of sp³-hybridized carbons (Fsp3) is 0.190. The SMILES string of the molecule is CC(C)(C)c1ccc2c(c1)Oc1cc(C#N)ccc1N2c1c(C#N)c2c(c(P(=O)(c3ccccc3)c3ccccc3)c1N1c3ccc(C#N)cc3Oc3cc(C(C)(C)C)ccc31)C1CCC2N1c1ccccc1. The number of para-hydroxylation sites is 1. The number of nitriles is 3. The third-order valence-electron chi connectivity index (χ3n) is 15.0. The Morgan fingerprint density at radius 1 is 0.493 bits per heavy atom. The van der Waals surface area contributed by atoms with Crippen molar-refractivity contribution in [2.24, 2.45) is 0 Å². The molecule has 10 heteroatoms. The molecule has 8 aromatic carbocycles. The van der Waals surface area contributed by atoms with Gasteiger partial charge in [0.1, 0.15) is 6.07 Å². The molecular weight excluding hydrogens is 920 g/mol. The van der Waals surface area contributed by atoms with Crippen molar-refractivity contribution in [3.05, 3.63) is 203 Å². The van der Waals surface area contributed by atoms with Gasteiger partial charge in [-0.1, -0.05) is 133 Å². The van der Waals surface area contributed by atoms with Crippen molar-refractivity contribution >= 4 is 62.9 Å². The zero-order valence-electron chi connectivity index (χ0n) is 41.5. The van der Waals surface area contributed by atoms with E-state index in [4.69, 9.17) is 9.47 Å². The van der Waals surface area contributed by atoms with Crippen LogP contribution in [0.4, 0.5) is 39.8 Å². The van der Waals surface area contributed by atoms with E-state index in [1.165, 1.54) is 0 Å². The van der Waals surface area contributed by atoms with E-state index in [1.807, 2.05) is 91.0 Å². The molecule has 0 aliphatic carbocycles. The van der Waals surface area contributed by atoms with Crippen molar-refractivity contribution in [2.45, 2.75) is 77.3 Å². The fourth-order valence-corrected chi connectivity index (χ4v) is 14.6. The van der Waals surface area contributed by atoms with Crippen LogP contribution in [0.3, 0.4) is 0 Å². The highest BCUT2D eigenvalue weighted by Gasteiger charge is 2.54. The van der Waals surface area contributed by atoms with Crippen LogP contribution in [0, 0.1) is 34.0 Å². The molecule has 4 aliphatic heterocycles. The van der Waals surface area contributed by atoms with E-state index in [1.54, 1.807) is 24.3 Å². The lowest BCUT2D eigenvalue weighted by molar-refractivity contribution is 0.472. The predicted molar refractivity (Wildman–Crippen MR) is 291 cm³/mol. The number of fused-ring (bicyclic) bond motifs is 9. The molecule has 0 radical (unpaired) electrons. The van der Waals surface area contributed by atoms with Crippen LogP contribution in [-0.2, 0) is 15.4 Å². The van der Waals surface area contributed by atoms with Crippen molar-refractivity contribution in [1.29, 1.82) is 15.8 Å². The number of ether oxygens (including phenoxy) is 2. The van der Waals surface area contributed by atoms with Gasteiger partial charge in [-0.05, 0) is 101 Å². The second kappa shape index (κ2) is 16.8. The molecule has 73 heavy (non-hydrogen) atoms. The topological polar surface area (TPSA) is 117 Å². The monoisotopic (exact) mass is 970 g/mol. The molecule has 4 aliphatic rings. The number of benzene rings is 8. The lowest BCUT2D eigenvalue weighted by Gasteiger charge is -2.42. The van der Waals surface area contributed by atoms with Gasteiger partial charge in [-0.25, -0.2) is 0 Å². The first kappa shape index (κ1) is 45.6. The average molecular weight is 971 g/mol. The second-order valence-electron chi connectivity index (χ2n) is 21.3. The van der Waals surface area contributed by atoms with Crippen molar-refractivity contribution in [1.82, 2.24) is 0 Å². The molecule has 0 spiro atoms. The van der Waals surface area contributed by atoms with Crippen LogP contribution in [0.5, 0.6) is 23.0 Å². The molecule has 4 heterocycles. The molecule has 0 amide bonds. The van der Waals surface area contributed by atoms with Crippen LogP contribution >= 0.6 is 7.14 Å². The van der Waals surface area contributed by atoms with E-state index in [0.717, 1.165) is 40.8 Å². The number of hydrogen-bond acceptors (Lipinski definition) is 9. The van der Waals surface area contributed by atoms with Gasteiger partial charge in [-0.2, -0.15) is 15.8 Å². The first-order chi connectivity index (χ1) is 35.2. The minimum absolute atomic E-state index is 0.246. The smallest absolute Gasteiger partial charge is 0.173 e. The zero-order valence-corrected chi connectivity index (χ0v) is 42.4. The summed E-state index contributed by atoms with van der Waals surface area (Å²) >= 11 is 0. The molecular formula is C63H51N6O3P. The van der Waals surface area contributed by atoms with Crippen molar-refractivity contribution in [2.75, 3.05) is 14.7 Å². The molecule has 0 aromatic heterocycles. The van der Waals surface area contributed by atoms with Gasteiger partial charge in [0.15, 0.2) is 30.1 Å². The second-order valence-corrected chi connectivity index (χ2v) is 24.0. The van der Waals surface area contributed by atoms with E-state index in [2.05, 4.69) is 123 Å². The van der Waals surface area contributed by atoms with Crippen LogP contribution in [-0.4, -0.2) is 0 Å². The van der Waals surface area contributed by atoms with Gasteiger partial charge in [-0.15, -0.1) is 0 Å². The van der Waals surface area contributed by atoms with Crippen LogP contribution < -0.4 is 40.1 Å². The maximum Gasteiger partial charge on any atom is 0.173 e. The zero-order chi connectivity index (χ0) is 50.6. The average Bonchev–Trinajstić information content (AvgIpc) is 3.98. The molecule has 2 bridgehead atoms. The van der Waals surface area contributed by atoms with E-state index >= 15 is 4.57 Å². The van der Waals surface area contributed by atoms with E-state index in [9.17, 15) is 15.8 Å². The van der Waals surface area contributed by atoms with Crippen LogP contribution in [0.25, 0.3) is 0 Å². The van der Waals surface area contributed by atoms with E-state index < -0.39 is 7.14 Å². The van der Waals surface area contributed by atoms with Gasteiger partial charge in [-0.3, -0.25) is 0 Å². The number of nitrogens with zero attached hydrogens (tertiary/aromatic N) is 6. The summed E-state index contributed by atoms with van der Waals surface area (Å²) < 4.78 is 32.0. The van der Waals surface area contributed by atoms with E-state index in [0.29, 0.717) is 89.7 Å². The Balaban J connectivity index is 1.33. The van der Waals surface area contributed by atoms with Crippen LogP contribution in [0.15, 0.2) is 164 Å². The highest BCUT2D eigenvalue weighted by atomic mass is 31.2. The largest absolute Gasteiger partial charge is 0.453 e. The summed E-state index contributed by atoms with van der Waals surface area (Å²) in [4.78, 5) is 6.70. The Kier molecular flexibility index (Phi) is 10.5. The summed E-state index contributed by atoms with van der Waals surface area (Å²) in [6, 6.07) is 60.2. The normalized spacial score (nSPS) is 16.1. The molecule has 9 nitrogen and oxygen atoms in total. The Labute approximate surface area is 426 Å². The first-order valence-corrected chi connectivity index (χ1v) is 26.5. The minimum atomic E-state index is -4.04. The quantitative estimate of drug-likeness (QED) is 0.150. The molecule has 1 fully saturated rings. The molecule has 356 valence electrons. The number of rotatable bonds is 6. The summed E-state index contributed by atoms with van der Waals surface area (Å²) in [5.41, 5.74) is 9.14. The Morgan fingerprint density at radius 3 is 1.34 bits per heavy atom. The minimum Gasteiger partial charge on any atom is -0.453 e.